The monoisotopic (exact) mass is 404 g/mol. The summed E-state index contributed by atoms with van der Waals surface area (Å²) in [6.45, 7) is 28.5. The van der Waals surface area contributed by atoms with Gasteiger partial charge in [-0.15, -0.1) is 0 Å². The minimum Gasteiger partial charge on any atom is -0.512 e. The van der Waals surface area contributed by atoms with Crippen molar-refractivity contribution in [1.82, 2.24) is 0 Å². The number of nitrogens with zero attached hydrogens (tertiary/aromatic N) is 6. The Hall–Kier alpha value is 3.92. The minimum absolute atomic E-state index is 0. The molecule has 0 aromatic rings. The molecule has 13 heteroatoms. The van der Waals surface area contributed by atoms with E-state index in [-0.39, 0.29) is 234 Å². The maximum absolute atomic E-state index is 6.25. The van der Waals surface area contributed by atoms with E-state index in [2.05, 4.69) is 0 Å². The topological polar surface area (TPSA) is 206 Å². The summed E-state index contributed by atoms with van der Waals surface area (Å²) in [4.78, 5) is 0. The molecule has 0 aliphatic heterocycles. The van der Waals surface area contributed by atoms with Gasteiger partial charge in [-0.1, -0.05) is 0 Å². The summed E-state index contributed by atoms with van der Waals surface area (Å²) in [5.74, 6) is 0. The van der Waals surface area contributed by atoms with Crippen LogP contribution in [0.1, 0.15) is 0 Å². The second kappa shape index (κ2) is 623. The molecule has 0 heterocycles. The standard InChI is InChI=1S/6CN.Fe.4K.2H2O/c6*1-2;;;;;;;/h;;;;;;;;;;;2*1H2/q6*-1;+4;;;2*+1;;. The summed E-state index contributed by atoms with van der Waals surface area (Å²) in [5, 5.41) is 37.5. The van der Waals surface area contributed by atoms with Crippen LogP contribution in [0.25, 0.3) is 0 Å². The largest absolute Gasteiger partial charge is 4.00 e. The molecular formula is C6H4FeK4N6O2. The van der Waals surface area contributed by atoms with Crippen LogP contribution in [0.2, 0.25) is 0 Å². The van der Waals surface area contributed by atoms with Gasteiger partial charge < -0.3 is 82.0 Å². The van der Waals surface area contributed by atoms with Crippen molar-refractivity contribution in [3.63, 3.8) is 0 Å². The normalized spacial score (nSPS) is 0.632. The van der Waals surface area contributed by atoms with Gasteiger partial charge in [-0.2, -0.15) is 0 Å². The fourth-order valence-electron chi connectivity index (χ4n) is 0. The number of hydrogen-bond acceptors (Lipinski definition) is 6. The van der Waals surface area contributed by atoms with Gasteiger partial charge in [0.25, 0.3) is 0 Å². The molecule has 0 aliphatic rings. The predicted molar refractivity (Wildman–Crippen MR) is 48.5 cm³/mol. The van der Waals surface area contributed by atoms with Gasteiger partial charge in [-0.25, -0.2) is 0 Å². The fraction of sp³-hybridized carbons (Fsp3) is 0. The van der Waals surface area contributed by atoms with Gasteiger partial charge in [0.15, 0.2) is 0 Å². The summed E-state index contributed by atoms with van der Waals surface area (Å²) >= 11 is 0. The molecule has 19 heavy (non-hydrogen) atoms. The van der Waals surface area contributed by atoms with E-state index < -0.39 is 0 Å². The summed E-state index contributed by atoms with van der Waals surface area (Å²) in [7, 11) is 0. The first-order valence-electron chi connectivity index (χ1n) is 1.34. The van der Waals surface area contributed by atoms with Crippen LogP contribution in [0.4, 0.5) is 0 Å². The fourth-order valence-corrected chi connectivity index (χ4v) is 0. The maximum atomic E-state index is 6.25. The van der Waals surface area contributed by atoms with E-state index in [9.17, 15) is 0 Å². The third-order valence-corrected chi connectivity index (χ3v) is 0. The van der Waals surface area contributed by atoms with Crippen molar-refractivity contribution in [2.45, 2.75) is 0 Å². The van der Waals surface area contributed by atoms with Crippen LogP contribution in [0.15, 0.2) is 0 Å². The summed E-state index contributed by atoms with van der Waals surface area (Å²) in [6.07, 6.45) is 0. The van der Waals surface area contributed by atoms with Crippen molar-refractivity contribution < 1.29 is 131 Å². The Labute approximate surface area is 295 Å². The summed E-state index contributed by atoms with van der Waals surface area (Å²) in [6, 6.07) is 0. The molecule has 0 saturated heterocycles. The molecule has 0 unspecified atom stereocenters. The molecule has 0 bridgehead atoms. The van der Waals surface area contributed by atoms with Crippen molar-refractivity contribution in [3.05, 3.63) is 39.4 Å². The molecular weight excluding hydrogens is 400 g/mol. The molecule has 0 aromatic heterocycles. The van der Waals surface area contributed by atoms with E-state index in [0.717, 1.165) is 0 Å². The smallest absolute Gasteiger partial charge is 0.512 e. The van der Waals surface area contributed by atoms with E-state index >= 15 is 0 Å². The third-order valence-electron chi connectivity index (χ3n) is 0. The molecule has 2 radical (unpaired) electrons. The Morgan fingerprint density at radius 2 is 0.368 bits per heavy atom. The van der Waals surface area contributed by atoms with E-state index in [4.69, 9.17) is 71.0 Å². The van der Waals surface area contributed by atoms with Gasteiger partial charge in [-0.05, 0) is 0 Å². The van der Waals surface area contributed by atoms with Gasteiger partial charge in [0.2, 0.25) is 0 Å². The second-order valence-corrected chi connectivity index (χ2v) is 0. The van der Waals surface area contributed by atoms with Crippen LogP contribution in [0.5, 0.6) is 0 Å². The number of hydrogen-bond donors (Lipinski definition) is 0. The Bertz CT molecular complexity index is 115. The average Bonchev–Trinajstić information content (AvgIpc) is 2.33. The quantitative estimate of drug-likeness (QED) is 0.283. The second-order valence-electron chi connectivity index (χ2n) is 0. The molecule has 0 saturated carbocycles. The average molecular weight is 404 g/mol. The summed E-state index contributed by atoms with van der Waals surface area (Å²) < 4.78 is 0. The van der Waals surface area contributed by atoms with E-state index in [1.165, 1.54) is 0 Å². The zero-order chi connectivity index (χ0) is 12.0. The molecule has 0 spiro atoms. The van der Waals surface area contributed by atoms with Crippen LogP contribution in [0, 0.1) is 71.0 Å². The number of rotatable bonds is 0. The van der Waals surface area contributed by atoms with Crippen molar-refractivity contribution >= 4 is 103 Å². The van der Waals surface area contributed by atoms with E-state index in [0.29, 0.717) is 0 Å². The zero-order valence-corrected chi connectivity index (χ0v) is 24.6. The minimum atomic E-state index is 0. The zero-order valence-electron chi connectivity index (χ0n) is 11.0. The van der Waals surface area contributed by atoms with Crippen LogP contribution in [-0.2, 0) is 17.1 Å². The molecule has 8 nitrogen and oxygen atoms in total. The van der Waals surface area contributed by atoms with Gasteiger partial charge in [0.1, 0.15) is 0 Å². The van der Waals surface area contributed by atoms with E-state index in [1.807, 2.05) is 0 Å². The van der Waals surface area contributed by atoms with Gasteiger partial charge >= 0.3 is 120 Å². The molecule has 0 atom stereocenters. The van der Waals surface area contributed by atoms with Crippen LogP contribution in [0.3, 0.4) is 0 Å². The molecule has 4 N–H and O–H groups in total. The SMILES string of the molecule is O.O.[C-]#N.[C-]#N.[C-]#N.[C-]#N.[C-]#N.[C-]#N.[Fe+4].[K+].[K+].[K].[K]. The van der Waals surface area contributed by atoms with Crippen molar-refractivity contribution in [3.8, 4) is 0 Å². The van der Waals surface area contributed by atoms with Crippen molar-refractivity contribution in [2.24, 2.45) is 0 Å². The Kier molecular flexibility index (Phi) is 3670. The van der Waals surface area contributed by atoms with Gasteiger partial charge in [0, 0.05) is 103 Å². The van der Waals surface area contributed by atoms with Gasteiger partial charge in [-0.3, -0.25) is 0 Å². The first kappa shape index (κ1) is 112. The molecule has 0 rings (SSSR count). The van der Waals surface area contributed by atoms with E-state index in [1.54, 1.807) is 0 Å². The predicted octanol–water partition coefficient (Wildman–Crippen LogP) is -7.83. The summed E-state index contributed by atoms with van der Waals surface area (Å²) in [5.41, 5.74) is 0. The first-order valence-corrected chi connectivity index (χ1v) is 1.34. The van der Waals surface area contributed by atoms with Crippen LogP contribution >= 0.6 is 0 Å². The molecule has 0 amide bonds. The molecule has 0 aromatic carbocycles. The Balaban J connectivity index is -0.00000000193. The van der Waals surface area contributed by atoms with Gasteiger partial charge in [0.05, 0.1) is 0 Å². The Morgan fingerprint density at radius 3 is 0.368 bits per heavy atom. The van der Waals surface area contributed by atoms with Crippen molar-refractivity contribution in [1.29, 1.82) is 31.6 Å². The molecule has 82 valence electrons. The molecule has 0 aliphatic carbocycles. The van der Waals surface area contributed by atoms with Crippen molar-refractivity contribution in [2.75, 3.05) is 0 Å². The third kappa shape index (κ3) is 565. The first-order chi connectivity index (χ1) is 6.00. The molecule has 0 fully saturated rings. The maximum Gasteiger partial charge on any atom is 4.00 e. The Morgan fingerprint density at radius 1 is 0.368 bits per heavy atom. The van der Waals surface area contributed by atoms with Crippen LogP contribution < -0.4 is 103 Å². The van der Waals surface area contributed by atoms with Crippen LogP contribution in [-0.4, -0.2) is 114 Å².